The predicted molar refractivity (Wildman–Crippen MR) is 62.6 cm³/mol. The van der Waals surface area contributed by atoms with Gasteiger partial charge >= 0.3 is 0 Å². The van der Waals surface area contributed by atoms with Crippen molar-refractivity contribution < 1.29 is 4.79 Å². The van der Waals surface area contributed by atoms with Gasteiger partial charge in [-0.2, -0.15) is 0 Å². The second-order valence-corrected chi connectivity index (χ2v) is 6.84. The van der Waals surface area contributed by atoms with Gasteiger partial charge < -0.3 is 0 Å². The standard InChI is InChI=1S/C11H13BrOS/c1-11(2)6-8(11)9(13)5-7-3-4-14-10(7)12/h3-4,8H,5-6H2,1-2H3. The normalized spacial score (nSPS) is 23.5. The van der Waals surface area contributed by atoms with Crippen molar-refractivity contribution in [3.8, 4) is 0 Å². The lowest BCUT2D eigenvalue weighted by Crippen LogP contribution is -2.08. The first kappa shape index (κ1) is 10.4. The minimum absolute atomic E-state index is 0.263. The molecule has 1 aliphatic rings. The molecule has 1 aromatic heterocycles. The SMILES string of the molecule is CC1(C)CC1C(=O)Cc1ccsc1Br. The average molecular weight is 273 g/mol. The molecule has 1 unspecified atom stereocenters. The first-order valence-corrected chi connectivity index (χ1v) is 6.42. The summed E-state index contributed by atoms with van der Waals surface area (Å²) in [5.41, 5.74) is 1.40. The first-order valence-electron chi connectivity index (χ1n) is 4.75. The van der Waals surface area contributed by atoms with Crippen LogP contribution in [0.15, 0.2) is 15.2 Å². The third kappa shape index (κ3) is 1.94. The lowest BCUT2D eigenvalue weighted by Gasteiger charge is -2.01. The summed E-state index contributed by atoms with van der Waals surface area (Å²) in [6.07, 6.45) is 1.66. The van der Waals surface area contributed by atoms with Crippen LogP contribution >= 0.6 is 27.3 Å². The van der Waals surface area contributed by atoms with Crippen molar-refractivity contribution in [2.45, 2.75) is 26.7 Å². The maximum atomic E-state index is 11.8. The van der Waals surface area contributed by atoms with Gasteiger partial charge in [0.2, 0.25) is 0 Å². The Morgan fingerprint density at radius 2 is 2.36 bits per heavy atom. The van der Waals surface area contributed by atoms with E-state index < -0.39 is 0 Å². The van der Waals surface area contributed by atoms with Gasteiger partial charge in [0.25, 0.3) is 0 Å². The molecule has 1 aromatic rings. The molecule has 0 radical (unpaired) electrons. The summed E-state index contributed by atoms with van der Waals surface area (Å²) in [6, 6.07) is 2.03. The molecule has 1 nitrogen and oxygen atoms in total. The fourth-order valence-electron chi connectivity index (χ4n) is 1.77. The number of ketones is 1. The number of hydrogen-bond donors (Lipinski definition) is 0. The van der Waals surface area contributed by atoms with Crippen LogP contribution in [0.1, 0.15) is 25.8 Å². The van der Waals surface area contributed by atoms with Crippen molar-refractivity contribution in [3.63, 3.8) is 0 Å². The van der Waals surface area contributed by atoms with Crippen LogP contribution in [0.25, 0.3) is 0 Å². The first-order chi connectivity index (χ1) is 6.50. The highest BCUT2D eigenvalue weighted by molar-refractivity contribution is 9.11. The van der Waals surface area contributed by atoms with E-state index in [2.05, 4.69) is 29.8 Å². The molecule has 0 spiro atoms. The molecule has 14 heavy (non-hydrogen) atoms. The molecular weight excluding hydrogens is 260 g/mol. The molecule has 3 heteroatoms. The molecule has 1 heterocycles. The summed E-state index contributed by atoms with van der Waals surface area (Å²) < 4.78 is 1.10. The number of thiophene rings is 1. The van der Waals surface area contributed by atoms with Gasteiger partial charge in [0.1, 0.15) is 5.78 Å². The zero-order valence-electron chi connectivity index (χ0n) is 8.34. The summed E-state index contributed by atoms with van der Waals surface area (Å²) in [6.45, 7) is 4.33. The van der Waals surface area contributed by atoms with E-state index >= 15 is 0 Å². The highest BCUT2D eigenvalue weighted by Gasteiger charge is 2.49. The molecule has 1 saturated carbocycles. The van der Waals surface area contributed by atoms with E-state index in [1.807, 2.05) is 11.4 Å². The molecule has 0 aromatic carbocycles. The summed E-state index contributed by atoms with van der Waals surface area (Å²) in [4.78, 5) is 11.8. The Balaban J connectivity index is 2.00. The number of carbonyl (C=O) groups is 1. The Labute approximate surface area is 96.6 Å². The molecule has 0 amide bonds. The molecule has 0 saturated heterocycles. The Hall–Kier alpha value is -0.150. The van der Waals surface area contributed by atoms with E-state index in [0.29, 0.717) is 18.1 Å². The zero-order chi connectivity index (χ0) is 10.3. The smallest absolute Gasteiger partial charge is 0.140 e. The van der Waals surface area contributed by atoms with Crippen LogP contribution in [0.3, 0.4) is 0 Å². The van der Waals surface area contributed by atoms with Crippen LogP contribution in [0.4, 0.5) is 0 Å². The molecule has 1 aliphatic carbocycles. The van der Waals surface area contributed by atoms with Crippen LogP contribution in [0.5, 0.6) is 0 Å². The second kappa shape index (κ2) is 3.46. The van der Waals surface area contributed by atoms with Crippen LogP contribution in [0, 0.1) is 11.3 Å². The lowest BCUT2D eigenvalue weighted by molar-refractivity contribution is -0.120. The molecule has 1 fully saturated rings. The molecule has 2 rings (SSSR count). The summed E-state index contributed by atoms with van der Waals surface area (Å²) >= 11 is 5.10. The van der Waals surface area contributed by atoms with E-state index in [-0.39, 0.29) is 5.41 Å². The number of rotatable bonds is 3. The predicted octanol–water partition coefficient (Wildman–Crippen LogP) is 3.67. The van der Waals surface area contributed by atoms with Crippen LogP contribution in [0.2, 0.25) is 0 Å². The molecule has 76 valence electrons. The Morgan fingerprint density at radius 1 is 1.71 bits per heavy atom. The third-order valence-electron chi connectivity index (χ3n) is 2.96. The van der Waals surface area contributed by atoms with Gasteiger partial charge in [-0.25, -0.2) is 0 Å². The fourth-order valence-corrected chi connectivity index (χ4v) is 3.01. The Bertz CT molecular complexity index is 367. The number of carbonyl (C=O) groups excluding carboxylic acids is 1. The number of halogens is 1. The van der Waals surface area contributed by atoms with E-state index in [0.717, 1.165) is 15.8 Å². The number of Topliss-reactive ketones (excluding diaryl/α,β-unsaturated/α-hetero) is 1. The van der Waals surface area contributed by atoms with Crippen LogP contribution in [-0.2, 0) is 11.2 Å². The molecular formula is C11H13BrOS. The summed E-state index contributed by atoms with van der Waals surface area (Å²) in [5, 5.41) is 2.02. The van der Waals surface area contributed by atoms with E-state index in [9.17, 15) is 4.79 Å². The second-order valence-electron chi connectivity index (χ2n) is 4.61. The van der Waals surface area contributed by atoms with Crippen LogP contribution < -0.4 is 0 Å². The maximum absolute atomic E-state index is 11.8. The van der Waals surface area contributed by atoms with Gasteiger partial charge in [0, 0.05) is 12.3 Å². The minimum atomic E-state index is 0.263. The molecule has 0 aliphatic heterocycles. The van der Waals surface area contributed by atoms with Crippen molar-refractivity contribution in [2.75, 3.05) is 0 Å². The van der Waals surface area contributed by atoms with Crippen molar-refractivity contribution >= 4 is 33.0 Å². The van der Waals surface area contributed by atoms with Crippen molar-refractivity contribution in [1.82, 2.24) is 0 Å². The highest BCUT2D eigenvalue weighted by Crippen LogP contribution is 2.52. The topological polar surface area (TPSA) is 17.1 Å². The lowest BCUT2D eigenvalue weighted by atomic mass is 10.0. The van der Waals surface area contributed by atoms with Gasteiger partial charge in [-0.3, -0.25) is 4.79 Å². The van der Waals surface area contributed by atoms with E-state index in [4.69, 9.17) is 0 Å². The van der Waals surface area contributed by atoms with Gasteiger partial charge in [-0.05, 0) is 44.8 Å². The van der Waals surface area contributed by atoms with Crippen molar-refractivity contribution in [1.29, 1.82) is 0 Å². The highest BCUT2D eigenvalue weighted by atomic mass is 79.9. The Kier molecular flexibility index (Phi) is 2.56. The summed E-state index contributed by atoms with van der Waals surface area (Å²) in [7, 11) is 0. The van der Waals surface area contributed by atoms with E-state index in [1.54, 1.807) is 11.3 Å². The molecule has 0 N–H and O–H groups in total. The van der Waals surface area contributed by atoms with Crippen LogP contribution in [-0.4, -0.2) is 5.78 Å². The van der Waals surface area contributed by atoms with Crippen molar-refractivity contribution in [3.05, 3.63) is 20.8 Å². The van der Waals surface area contributed by atoms with Crippen molar-refractivity contribution in [2.24, 2.45) is 11.3 Å². The van der Waals surface area contributed by atoms with Gasteiger partial charge in [0.15, 0.2) is 0 Å². The van der Waals surface area contributed by atoms with Gasteiger partial charge in [0.05, 0.1) is 3.79 Å². The average Bonchev–Trinajstić information content (AvgIpc) is 2.54. The zero-order valence-corrected chi connectivity index (χ0v) is 10.7. The maximum Gasteiger partial charge on any atom is 0.140 e. The third-order valence-corrected chi connectivity index (χ3v) is 4.77. The fraction of sp³-hybridized carbons (Fsp3) is 0.545. The Morgan fingerprint density at radius 3 is 2.79 bits per heavy atom. The molecule has 1 atom stereocenters. The monoisotopic (exact) mass is 272 g/mol. The van der Waals surface area contributed by atoms with Gasteiger partial charge in [-0.15, -0.1) is 11.3 Å². The molecule has 0 bridgehead atoms. The largest absolute Gasteiger partial charge is 0.299 e. The quantitative estimate of drug-likeness (QED) is 0.821. The minimum Gasteiger partial charge on any atom is -0.299 e. The van der Waals surface area contributed by atoms with E-state index in [1.165, 1.54) is 0 Å². The summed E-state index contributed by atoms with van der Waals surface area (Å²) in [5.74, 6) is 0.698. The number of hydrogen-bond acceptors (Lipinski definition) is 2. The van der Waals surface area contributed by atoms with Gasteiger partial charge in [-0.1, -0.05) is 13.8 Å².